The second-order valence-corrected chi connectivity index (χ2v) is 3.18. The summed E-state index contributed by atoms with van der Waals surface area (Å²) in [6.45, 7) is 0. The van der Waals surface area contributed by atoms with Crippen LogP contribution in [0.5, 0.6) is 0 Å². The van der Waals surface area contributed by atoms with Crippen LogP contribution in [0.2, 0.25) is 0 Å². The lowest BCUT2D eigenvalue weighted by atomic mass is 10.2. The summed E-state index contributed by atoms with van der Waals surface area (Å²) in [6.07, 6.45) is 3.28. The number of imidazole rings is 1. The molecule has 0 unspecified atom stereocenters. The minimum Gasteiger partial charge on any atom is -0.321 e. The van der Waals surface area contributed by atoms with E-state index in [1.807, 2.05) is 30.3 Å². The highest BCUT2D eigenvalue weighted by Crippen LogP contribution is 2.16. The Bertz CT molecular complexity index is 553. The van der Waals surface area contributed by atoms with E-state index in [2.05, 4.69) is 19.9 Å². The first-order valence-electron chi connectivity index (χ1n) is 4.65. The molecule has 0 amide bonds. The van der Waals surface area contributed by atoms with Crippen molar-refractivity contribution in [2.75, 3.05) is 0 Å². The highest BCUT2D eigenvalue weighted by Gasteiger charge is 2.04. The third-order valence-electron chi connectivity index (χ3n) is 2.18. The quantitative estimate of drug-likeness (QED) is 0.647. The second kappa shape index (κ2) is 3.16. The van der Waals surface area contributed by atoms with Gasteiger partial charge in [0.1, 0.15) is 5.82 Å². The normalized spacial score (nSPS) is 10.7. The largest absolute Gasteiger partial charge is 0.321 e. The zero-order valence-electron chi connectivity index (χ0n) is 7.88. The molecule has 0 fully saturated rings. The van der Waals surface area contributed by atoms with Crippen molar-refractivity contribution >= 4 is 11.3 Å². The van der Waals surface area contributed by atoms with Crippen molar-refractivity contribution in [3.8, 4) is 11.4 Å². The summed E-state index contributed by atoms with van der Waals surface area (Å²) in [7, 11) is 0. The van der Waals surface area contributed by atoms with Crippen LogP contribution in [0, 0.1) is 0 Å². The molecule has 3 rings (SSSR count). The van der Waals surface area contributed by atoms with Crippen molar-refractivity contribution in [1.29, 1.82) is 0 Å². The lowest BCUT2D eigenvalue weighted by Crippen LogP contribution is -1.78. The van der Waals surface area contributed by atoms with Crippen LogP contribution in [0.3, 0.4) is 0 Å². The topological polar surface area (TPSA) is 54.5 Å². The number of aromatic amines is 1. The predicted octanol–water partition coefficient (Wildman–Crippen LogP) is 2.02. The maximum Gasteiger partial charge on any atom is 0.197 e. The number of benzene rings is 1. The van der Waals surface area contributed by atoms with Gasteiger partial charge in [0.25, 0.3) is 0 Å². The molecule has 0 saturated carbocycles. The van der Waals surface area contributed by atoms with Crippen LogP contribution in [-0.2, 0) is 0 Å². The fourth-order valence-electron chi connectivity index (χ4n) is 1.48. The van der Waals surface area contributed by atoms with Gasteiger partial charge in [-0.3, -0.25) is 0 Å². The minimum absolute atomic E-state index is 0.649. The number of nitrogens with one attached hydrogen (secondary N) is 1. The first kappa shape index (κ1) is 8.11. The van der Waals surface area contributed by atoms with Crippen LogP contribution in [-0.4, -0.2) is 19.9 Å². The van der Waals surface area contributed by atoms with Gasteiger partial charge in [0.05, 0.1) is 0 Å². The number of H-pyrrole nitrogens is 1. The zero-order valence-corrected chi connectivity index (χ0v) is 7.88. The molecule has 0 aliphatic heterocycles. The first-order chi connectivity index (χ1) is 7.43. The van der Waals surface area contributed by atoms with Gasteiger partial charge in [-0.1, -0.05) is 30.3 Å². The molecule has 1 aromatic carbocycles. The van der Waals surface area contributed by atoms with Crippen LogP contribution < -0.4 is 0 Å². The summed E-state index contributed by atoms with van der Waals surface area (Å²) in [6, 6.07) is 9.92. The Morgan fingerprint density at radius 2 is 1.73 bits per heavy atom. The summed E-state index contributed by atoms with van der Waals surface area (Å²) in [4.78, 5) is 15.8. The van der Waals surface area contributed by atoms with Gasteiger partial charge in [-0.05, 0) is 0 Å². The van der Waals surface area contributed by atoms with Gasteiger partial charge in [0.15, 0.2) is 11.3 Å². The van der Waals surface area contributed by atoms with E-state index in [1.54, 1.807) is 12.4 Å². The van der Waals surface area contributed by atoms with Crippen LogP contribution in [0.25, 0.3) is 22.7 Å². The highest BCUT2D eigenvalue weighted by molar-refractivity contribution is 5.71. The van der Waals surface area contributed by atoms with Crippen molar-refractivity contribution in [3.05, 3.63) is 42.7 Å². The monoisotopic (exact) mass is 196 g/mol. The Hall–Kier alpha value is -2.23. The molecule has 0 spiro atoms. The average Bonchev–Trinajstić information content (AvgIpc) is 2.74. The Labute approximate surface area is 86.0 Å². The molecule has 2 aromatic heterocycles. The van der Waals surface area contributed by atoms with Crippen LogP contribution in [0.1, 0.15) is 0 Å². The summed E-state index contributed by atoms with van der Waals surface area (Å²) >= 11 is 0. The van der Waals surface area contributed by atoms with E-state index in [4.69, 9.17) is 0 Å². The van der Waals surface area contributed by atoms with Crippen molar-refractivity contribution in [2.45, 2.75) is 0 Å². The van der Waals surface area contributed by atoms with E-state index in [9.17, 15) is 0 Å². The lowest BCUT2D eigenvalue weighted by Gasteiger charge is -1.92. The summed E-state index contributed by atoms with van der Waals surface area (Å²) in [5, 5.41) is 0. The molecule has 3 aromatic rings. The van der Waals surface area contributed by atoms with Crippen LogP contribution >= 0.6 is 0 Å². The molecule has 0 aliphatic rings. The number of fused-ring (bicyclic) bond motifs is 1. The van der Waals surface area contributed by atoms with Gasteiger partial charge in [0.2, 0.25) is 0 Å². The van der Waals surface area contributed by atoms with Gasteiger partial charge >= 0.3 is 0 Å². The molecule has 72 valence electrons. The molecule has 2 heterocycles. The van der Waals surface area contributed by atoms with E-state index < -0.39 is 0 Å². The Morgan fingerprint density at radius 1 is 0.933 bits per heavy atom. The molecule has 15 heavy (non-hydrogen) atoms. The molecule has 0 bridgehead atoms. The minimum atomic E-state index is 0.649. The molecule has 0 saturated heterocycles. The standard InChI is InChI=1S/C11H8N4/c1-2-4-8(5-3-1)9-14-10-11(15-9)13-7-6-12-10/h1-7H,(H,12,13,14,15). The van der Waals surface area contributed by atoms with Crippen molar-refractivity contribution in [3.63, 3.8) is 0 Å². The summed E-state index contributed by atoms with van der Waals surface area (Å²) in [5.41, 5.74) is 2.41. The van der Waals surface area contributed by atoms with E-state index >= 15 is 0 Å². The van der Waals surface area contributed by atoms with Crippen molar-refractivity contribution < 1.29 is 0 Å². The summed E-state index contributed by atoms with van der Waals surface area (Å²) < 4.78 is 0. The van der Waals surface area contributed by atoms with Crippen LogP contribution in [0.4, 0.5) is 0 Å². The van der Waals surface area contributed by atoms with Gasteiger partial charge in [-0.15, -0.1) is 0 Å². The fourth-order valence-corrected chi connectivity index (χ4v) is 1.48. The summed E-state index contributed by atoms with van der Waals surface area (Å²) in [5.74, 6) is 0.803. The van der Waals surface area contributed by atoms with E-state index in [0.717, 1.165) is 17.0 Å². The number of hydrogen-bond acceptors (Lipinski definition) is 3. The third kappa shape index (κ3) is 1.36. The van der Waals surface area contributed by atoms with Gasteiger partial charge in [0, 0.05) is 18.0 Å². The predicted molar refractivity (Wildman–Crippen MR) is 57.1 cm³/mol. The SMILES string of the molecule is c1ccc(-c2nc3nccnc3[nH]2)cc1. The number of hydrogen-bond donors (Lipinski definition) is 1. The molecule has 1 N–H and O–H groups in total. The fraction of sp³-hybridized carbons (Fsp3) is 0. The van der Waals surface area contributed by atoms with E-state index in [0.29, 0.717) is 5.65 Å². The molecular weight excluding hydrogens is 188 g/mol. The van der Waals surface area contributed by atoms with Crippen LogP contribution in [0.15, 0.2) is 42.7 Å². The van der Waals surface area contributed by atoms with E-state index in [1.165, 1.54) is 0 Å². The first-order valence-corrected chi connectivity index (χ1v) is 4.65. The highest BCUT2D eigenvalue weighted by atomic mass is 15.0. The average molecular weight is 196 g/mol. The molecule has 4 nitrogen and oxygen atoms in total. The maximum absolute atomic E-state index is 4.35. The number of nitrogens with zero attached hydrogens (tertiary/aromatic N) is 3. The zero-order chi connectivity index (χ0) is 10.1. The second-order valence-electron chi connectivity index (χ2n) is 3.18. The van der Waals surface area contributed by atoms with Gasteiger partial charge in [-0.2, -0.15) is 0 Å². The Balaban J connectivity index is 2.21. The van der Waals surface area contributed by atoms with E-state index in [-0.39, 0.29) is 0 Å². The Morgan fingerprint density at radius 3 is 2.53 bits per heavy atom. The lowest BCUT2D eigenvalue weighted by molar-refractivity contribution is 1.26. The van der Waals surface area contributed by atoms with Crippen molar-refractivity contribution in [1.82, 2.24) is 19.9 Å². The molecule has 4 heteroatoms. The van der Waals surface area contributed by atoms with Crippen molar-refractivity contribution in [2.24, 2.45) is 0 Å². The number of aromatic nitrogens is 4. The molecule has 0 atom stereocenters. The van der Waals surface area contributed by atoms with Gasteiger partial charge < -0.3 is 4.98 Å². The van der Waals surface area contributed by atoms with Gasteiger partial charge in [-0.25, -0.2) is 15.0 Å². The smallest absolute Gasteiger partial charge is 0.197 e. The maximum atomic E-state index is 4.35. The third-order valence-corrected chi connectivity index (χ3v) is 2.18. The molecular formula is C11H8N4. The molecule has 0 radical (unpaired) electrons. The number of rotatable bonds is 1. The molecule has 0 aliphatic carbocycles. The Kier molecular flexibility index (Phi) is 1.71.